The van der Waals surface area contributed by atoms with Crippen LogP contribution in [0, 0.1) is 0 Å². The first kappa shape index (κ1) is 33.2. The minimum Gasteiger partial charge on any atom is -0.357 e. The van der Waals surface area contributed by atoms with Crippen molar-refractivity contribution in [3.63, 3.8) is 0 Å². The monoisotopic (exact) mass is 847 g/mol. The molecule has 7 aromatic rings. The van der Waals surface area contributed by atoms with E-state index < -0.39 is 0 Å². The second kappa shape index (κ2) is 12.1. The average Bonchev–Trinajstić information content (AvgIpc) is 3.74. The van der Waals surface area contributed by atoms with E-state index in [0.29, 0.717) is 84.0 Å². The standard InChI is InChI=1S/C32H8Cl8N8.Cu/c33-17-1-9-10(2-18(17)34)26-41-25(9)45-27-11-3-19(35)20(36)4-12(11)29(42-27)47-31-15-7-23(39)24(40)8-16(15)32(44-31)48-30-14-6-22(38)21(37)5-13(14)28(43-30)46-26;/h1-8H;/q-2;+2. The van der Waals surface area contributed by atoms with Gasteiger partial charge in [0, 0.05) is 44.8 Å². The van der Waals surface area contributed by atoms with E-state index >= 15 is 0 Å². The average molecular weight is 852 g/mol. The number of rotatable bonds is 0. The number of fused-ring (bicyclic) bond motifs is 20. The summed E-state index contributed by atoms with van der Waals surface area (Å²) in [7, 11) is 0. The molecule has 0 spiro atoms. The molecule has 3 aromatic heterocycles. The Kier molecular flexibility index (Phi) is 8.21. The predicted octanol–water partition coefficient (Wildman–Crippen LogP) is 11.4. The van der Waals surface area contributed by atoms with Crippen LogP contribution in [0.15, 0.2) is 48.5 Å². The van der Waals surface area contributed by atoms with E-state index in [9.17, 15) is 0 Å². The van der Waals surface area contributed by atoms with Crippen LogP contribution >= 0.6 is 92.8 Å². The summed E-state index contributed by atoms with van der Waals surface area (Å²) in [6, 6.07) is 13.4. The maximum absolute atomic E-state index is 6.47. The molecule has 0 saturated heterocycles. The Morgan fingerprint density at radius 1 is 0.306 bits per heavy atom. The van der Waals surface area contributed by atoms with E-state index in [4.69, 9.17) is 133 Å². The van der Waals surface area contributed by atoms with Crippen molar-refractivity contribution >= 4 is 137 Å². The third-order valence-electron chi connectivity index (χ3n) is 7.86. The van der Waals surface area contributed by atoms with Crippen LogP contribution in [-0.2, 0) is 17.1 Å². The molecule has 0 aliphatic carbocycles. The number of aromatic nitrogens is 8. The van der Waals surface area contributed by atoms with Gasteiger partial charge in [-0.2, -0.15) is 0 Å². The first-order valence-electron chi connectivity index (χ1n) is 13.7. The van der Waals surface area contributed by atoms with E-state index in [1.54, 1.807) is 48.5 Å². The van der Waals surface area contributed by atoms with Gasteiger partial charge < -0.3 is 29.9 Å². The van der Waals surface area contributed by atoms with Gasteiger partial charge in [0.1, 0.15) is 0 Å². The minimum atomic E-state index is 0. The zero-order valence-corrected chi connectivity index (χ0v) is 30.5. The van der Waals surface area contributed by atoms with Crippen LogP contribution < -0.4 is 9.97 Å². The Hall–Kier alpha value is -2.92. The molecule has 4 aromatic carbocycles. The van der Waals surface area contributed by atoms with Gasteiger partial charge >= 0.3 is 17.1 Å². The van der Waals surface area contributed by atoms with Crippen LogP contribution in [0.25, 0.3) is 89.7 Å². The van der Waals surface area contributed by atoms with Crippen molar-refractivity contribution in [2.24, 2.45) is 0 Å². The Labute approximate surface area is 325 Å². The minimum absolute atomic E-state index is 0. The van der Waals surface area contributed by atoms with E-state index in [1.165, 1.54) is 0 Å². The maximum atomic E-state index is 6.47. The molecule has 0 atom stereocenters. The smallest absolute Gasteiger partial charge is 0.357 e. The molecule has 8 nitrogen and oxygen atoms in total. The van der Waals surface area contributed by atoms with Crippen LogP contribution in [0.1, 0.15) is 0 Å². The van der Waals surface area contributed by atoms with Crippen molar-refractivity contribution in [3.8, 4) is 45.6 Å². The molecule has 0 N–H and O–H groups in total. The molecule has 243 valence electrons. The Morgan fingerprint density at radius 2 is 0.510 bits per heavy atom. The zero-order valence-electron chi connectivity index (χ0n) is 23.5. The second-order valence-electron chi connectivity index (χ2n) is 10.7. The molecule has 9 rings (SSSR count). The summed E-state index contributed by atoms with van der Waals surface area (Å²) in [6.07, 6.45) is 0. The number of halogens is 8. The second-order valence-corrected chi connectivity index (χ2v) is 14.0. The summed E-state index contributed by atoms with van der Waals surface area (Å²) >= 11 is 51.7. The summed E-state index contributed by atoms with van der Waals surface area (Å²) in [5.74, 6) is 1.09. The molecule has 8 bridgehead atoms. The van der Waals surface area contributed by atoms with Crippen molar-refractivity contribution in [3.05, 3.63) is 88.7 Å². The molecule has 0 fully saturated rings. The van der Waals surface area contributed by atoms with Gasteiger partial charge in [-0.1, -0.05) is 92.8 Å². The van der Waals surface area contributed by atoms with E-state index in [2.05, 4.69) is 0 Å². The molecule has 49 heavy (non-hydrogen) atoms. The van der Waals surface area contributed by atoms with Gasteiger partial charge in [0.05, 0.1) is 63.5 Å². The van der Waals surface area contributed by atoms with Crippen molar-refractivity contribution in [2.45, 2.75) is 0 Å². The molecular weight excluding hydrogens is 844 g/mol. The third-order valence-corrected chi connectivity index (χ3v) is 10.8. The number of hydrogen-bond donors (Lipinski definition) is 0. The molecule has 1 radical (unpaired) electrons. The molecule has 5 heterocycles. The molecule has 0 amide bonds. The van der Waals surface area contributed by atoms with Crippen LogP contribution in [0.5, 0.6) is 0 Å². The topological polar surface area (TPSA) is 106 Å². The Balaban J connectivity index is 0.00000348. The van der Waals surface area contributed by atoms with Crippen LogP contribution in [0.3, 0.4) is 0 Å². The molecule has 0 saturated carbocycles. The summed E-state index contributed by atoms with van der Waals surface area (Å²) < 4.78 is 0. The van der Waals surface area contributed by atoms with Gasteiger partial charge in [-0.25, -0.2) is 9.97 Å². The summed E-state index contributed by atoms with van der Waals surface area (Å²) in [5.41, 5.74) is 3.38. The fourth-order valence-corrected chi connectivity index (χ4v) is 6.94. The molecule has 2 aliphatic rings. The molecule has 0 unspecified atom stereocenters. The van der Waals surface area contributed by atoms with E-state index in [1.807, 2.05) is 0 Å². The van der Waals surface area contributed by atoms with Crippen molar-refractivity contribution in [1.82, 2.24) is 39.9 Å². The quantitative estimate of drug-likeness (QED) is 0.139. The molecule has 17 heteroatoms. The largest absolute Gasteiger partial charge is 2.00 e. The fourth-order valence-electron chi connectivity index (χ4n) is 5.63. The normalized spacial score (nSPS) is 11.9. The van der Waals surface area contributed by atoms with Crippen molar-refractivity contribution in [2.75, 3.05) is 0 Å². The van der Waals surface area contributed by atoms with Gasteiger partial charge in [0.15, 0.2) is 0 Å². The van der Waals surface area contributed by atoms with Gasteiger partial charge in [-0.3, -0.25) is 0 Å². The first-order chi connectivity index (χ1) is 23.0. The summed E-state index contributed by atoms with van der Waals surface area (Å²) in [4.78, 5) is 38.6. The van der Waals surface area contributed by atoms with Crippen molar-refractivity contribution < 1.29 is 17.1 Å². The Morgan fingerprint density at radius 3 is 0.735 bits per heavy atom. The fraction of sp³-hybridized carbons (Fsp3) is 0. The SMILES string of the molecule is Clc1cc2c(cc1Cl)-c1nc-2nc2[n-]c(nc3nc(nc4[n-]c(n1)c1cc(Cl)c(Cl)cc41)-c1cc(Cl)c(Cl)cc1-3)c1cc(Cl)c(Cl)cc21.[Cu+2]. The van der Waals surface area contributed by atoms with Gasteiger partial charge in [-0.05, 0) is 70.1 Å². The predicted molar refractivity (Wildman–Crippen MR) is 194 cm³/mol. The summed E-state index contributed by atoms with van der Waals surface area (Å²) in [6.45, 7) is 0. The number of hydrogen-bond acceptors (Lipinski definition) is 6. The van der Waals surface area contributed by atoms with E-state index in [0.717, 1.165) is 0 Å². The number of benzene rings is 4. The first-order valence-corrected chi connectivity index (χ1v) is 16.7. The van der Waals surface area contributed by atoms with Gasteiger partial charge in [0.2, 0.25) is 0 Å². The summed E-state index contributed by atoms with van der Waals surface area (Å²) in [5, 5.41) is 4.73. The van der Waals surface area contributed by atoms with Gasteiger partial charge in [-0.15, -0.1) is 0 Å². The van der Waals surface area contributed by atoms with Crippen molar-refractivity contribution in [1.29, 1.82) is 0 Å². The van der Waals surface area contributed by atoms with Crippen LogP contribution in [-0.4, -0.2) is 29.9 Å². The maximum Gasteiger partial charge on any atom is 2.00 e. The molecule has 2 aliphatic heterocycles. The van der Waals surface area contributed by atoms with Crippen LogP contribution in [0.4, 0.5) is 0 Å². The number of nitrogens with zero attached hydrogens (tertiary/aromatic N) is 8. The molecular formula is C32H8Cl8CuN8. The van der Waals surface area contributed by atoms with Crippen LogP contribution in [0.2, 0.25) is 40.2 Å². The zero-order chi connectivity index (χ0) is 33.2. The van der Waals surface area contributed by atoms with Gasteiger partial charge in [0.25, 0.3) is 0 Å². The third kappa shape index (κ3) is 5.35. The Bertz CT molecular complexity index is 2430. The van der Waals surface area contributed by atoms with E-state index in [-0.39, 0.29) is 63.0 Å².